The Morgan fingerprint density at radius 1 is 1.41 bits per heavy atom. The number of carboxylic acid groups (broad SMARTS) is 1. The molecule has 0 heterocycles. The molecule has 17 heavy (non-hydrogen) atoms. The number of carbonyl (C=O) groups is 2. The Balaban J connectivity index is 2.52. The largest absolute Gasteiger partial charge is 0.481 e. The third-order valence-corrected chi connectivity index (χ3v) is 3.25. The highest BCUT2D eigenvalue weighted by Gasteiger charge is 2.46. The zero-order chi connectivity index (χ0) is 13.1. The van der Waals surface area contributed by atoms with Crippen molar-refractivity contribution in [2.45, 2.75) is 45.1 Å². The van der Waals surface area contributed by atoms with Crippen LogP contribution in [-0.2, 0) is 14.3 Å². The predicted octanol–water partition coefficient (Wildman–Crippen LogP) is 1.17. The molecule has 0 spiro atoms. The number of aliphatic carboxylic acids is 1. The minimum atomic E-state index is -0.858. The number of hydrogen-bond acceptors (Lipinski definition) is 3. The van der Waals surface area contributed by atoms with Crippen LogP contribution in [0.1, 0.15) is 39.5 Å². The van der Waals surface area contributed by atoms with Crippen LogP contribution in [0.25, 0.3) is 0 Å². The maximum Gasteiger partial charge on any atom is 0.310 e. The first-order chi connectivity index (χ1) is 7.81. The van der Waals surface area contributed by atoms with Crippen molar-refractivity contribution in [1.82, 2.24) is 5.32 Å². The van der Waals surface area contributed by atoms with Gasteiger partial charge in [-0.2, -0.15) is 0 Å². The van der Waals surface area contributed by atoms with Crippen molar-refractivity contribution in [3.63, 3.8) is 0 Å². The molecule has 1 aliphatic rings. The Bertz CT molecular complexity index is 308. The summed E-state index contributed by atoms with van der Waals surface area (Å²) in [7, 11) is 1.57. The summed E-state index contributed by atoms with van der Waals surface area (Å²) in [6.07, 6.45) is 2.15. The van der Waals surface area contributed by atoms with E-state index in [2.05, 4.69) is 5.32 Å². The van der Waals surface area contributed by atoms with Gasteiger partial charge in [-0.25, -0.2) is 0 Å². The second-order valence-corrected chi connectivity index (χ2v) is 5.48. The normalized spacial score (nSPS) is 18.3. The lowest BCUT2D eigenvalue weighted by Crippen LogP contribution is -2.50. The van der Waals surface area contributed by atoms with Crippen molar-refractivity contribution in [1.29, 1.82) is 0 Å². The van der Waals surface area contributed by atoms with E-state index < -0.39 is 16.9 Å². The number of amides is 1. The molecule has 98 valence electrons. The van der Waals surface area contributed by atoms with Crippen LogP contribution in [0.2, 0.25) is 0 Å². The van der Waals surface area contributed by atoms with Gasteiger partial charge >= 0.3 is 5.97 Å². The van der Waals surface area contributed by atoms with Gasteiger partial charge in [0, 0.05) is 13.5 Å². The van der Waals surface area contributed by atoms with Gasteiger partial charge in [-0.1, -0.05) is 6.42 Å². The van der Waals surface area contributed by atoms with Crippen LogP contribution in [0, 0.1) is 5.41 Å². The third kappa shape index (κ3) is 3.43. The highest BCUT2D eigenvalue weighted by atomic mass is 16.5. The molecule has 2 N–H and O–H groups in total. The molecule has 5 heteroatoms. The molecule has 5 nitrogen and oxygen atoms in total. The Hall–Kier alpha value is -1.10. The van der Waals surface area contributed by atoms with Crippen LogP contribution in [0.15, 0.2) is 0 Å². The van der Waals surface area contributed by atoms with Gasteiger partial charge in [0.2, 0.25) is 5.91 Å². The maximum atomic E-state index is 11.8. The summed E-state index contributed by atoms with van der Waals surface area (Å²) < 4.78 is 4.99. The number of methoxy groups -OCH3 is 1. The van der Waals surface area contributed by atoms with Crippen molar-refractivity contribution >= 4 is 11.9 Å². The highest BCUT2D eigenvalue weighted by molar-refractivity contribution is 5.86. The number of hydrogen-bond donors (Lipinski definition) is 2. The Labute approximate surface area is 102 Å². The van der Waals surface area contributed by atoms with E-state index in [4.69, 9.17) is 9.84 Å². The zero-order valence-electron chi connectivity index (χ0n) is 10.7. The average molecular weight is 243 g/mol. The third-order valence-electron chi connectivity index (χ3n) is 3.25. The van der Waals surface area contributed by atoms with Crippen LogP contribution in [0.4, 0.5) is 0 Å². The SMILES string of the molecule is COCC(C)(C)NC(=O)CC1(C(=O)O)CCC1. The minimum Gasteiger partial charge on any atom is -0.481 e. The molecular weight excluding hydrogens is 222 g/mol. The number of carboxylic acids is 1. The first-order valence-corrected chi connectivity index (χ1v) is 5.85. The van der Waals surface area contributed by atoms with E-state index in [1.54, 1.807) is 7.11 Å². The van der Waals surface area contributed by atoms with Gasteiger partial charge in [0.1, 0.15) is 0 Å². The lowest BCUT2D eigenvalue weighted by atomic mass is 9.66. The molecule has 1 aliphatic carbocycles. The Morgan fingerprint density at radius 3 is 2.35 bits per heavy atom. The van der Waals surface area contributed by atoms with Gasteiger partial charge in [0.25, 0.3) is 0 Å². The molecule has 0 aromatic rings. The van der Waals surface area contributed by atoms with Crippen molar-refractivity contribution in [3.05, 3.63) is 0 Å². The van der Waals surface area contributed by atoms with Gasteiger partial charge in [0.05, 0.1) is 17.6 Å². The molecule has 0 radical (unpaired) electrons. The lowest BCUT2D eigenvalue weighted by molar-refractivity contribution is -0.158. The quantitative estimate of drug-likeness (QED) is 0.734. The van der Waals surface area contributed by atoms with Crippen molar-refractivity contribution in [2.75, 3.05) is 13.7 Å². The molecule has 0 atom stereocenters. The molecule has 0 aromatic carbocycles. The second kappa shape index (κ2) is 5.04. The van der Waals surface area contributed by atoms with Crippen LogP contribution in [0.5, 0.6) is 0 Å². The van der Waals surface area contributed by atoms with Crippen LogP contribution in [-0.4, -0.2) is 36.2 Å². The molecular formula is C12H21NO4. The second-order valence-electron chi connectivity index (χ2n) is 5.48. The maximum absolute atomic E-state index is 11.8. The van der Waals surface area contributed by atoms with Crippen LogP contribution >= 0.6 is 0 Å². The molecule has 0 aliphatic heterocycles. The van der Waals surface area contributed by atoms with E-state index in [0.29, 0.717) is 19.4 Å². The molecule has 0 unspecified atom stereocenters. The fourth-order valence-corrected chi connectivity index (χ4v) is 2.20. The van der Waals surface area contributed by atoms with E-state index in [9.17, 15) is 9.59 Å². The van der Waals surface area contributed by atoms with Gasteiger partial charge in [-0.15, -0.1) is 0 Å². The van der Waals surface area contributed by atoms with Gasteiger partial charge < -0.3 is 15.2 Å². The molecule has 1 amide bonds. The fraction of sp³-hybridized carbons (Fsp3) is 0.833. The van der Waals surface area contributed by atoms with E-state index in [1.807, 2.05) is 13.8 Å². The fourth-order valence-electron chi connectivity index (χ4n) is 2.20. The smallest absolute Gasteiger partial charge is 0.310 e. The van der Waals surface area contributed by atoms with Crippen LogP contribution in [0.3, 0.4) is 0 Å². The predicted molar refractivity (Wildman–Crippen MR) is 62.6 cm³/mol. The van der Waals surface area contributed by atoms with Crippen LogP contribution < -0.4 is 5.32 Å². The monoisotopic (exact) mass is 243 g/mol. The van der Waals surface area contributed by atoms with Crippen molar-refractivity contribution < 1.29 is 19.4 Å². The molecule has 0 bridgehead atoms. The summed E-state index contributed by atoms with van der Waals surface area (Å²) in [4.78, 5) is 22.9. The van der Waals surface area contributed by atoms with Crippen molar-refractivity contribution in [3.8, 4) is 0 Å². The summed E-state index contributed by atoms with van der Waals surface area (Å²) in [5.41, 5.74) is -1.29. The zero-order valence-corrected chi connectivity index (χ0v) is 10.7. The van der Waals surface area contributed by atoms with Gasteiger partial charge in [0.15, 0.2) is 0 Å². The van der Waals surface area contributed by atoms with E-state index in [-0.39, 0.29) is 12.3 Å². The Kier molecular flexibility index (Phi) is 4.14. The molecule has 1 fully saturated rings. The van der Waals surface area contributed by atoms with E-state index in [1.165, 1.54) is 0 Å². The summed E-state index contributed by atoms with van der Waals surface area (Å²) in [5.74, 6) is -1.07. The standard InChI is InChI=1S/C12H21NO4/c1-11(2,8-17-3)13-9(14)7-12(10(15)16)5-4-6-12/h4-8H2,1-3H3,(H,13,14)(H,15,16). The lowest BCUT2D eigenvalue weighted by Gasteiger charge is -2.38. The molecule has 1 rings (SSSR count). The summed E-state index contributed by atoms with van der Waals surface area (Å²) >= 11 is 0. The number of carbonyl (C=O) groups excluding carboxylic acids is 1. The number of ether oxygens (including phenoxy) is 1. The van der Waals surface area contributed by atoms with E-state index >= 15 is 0 Å². The summed E-state index contributed by atoms with van der Waals surface area (Å²) in [5, 5.41) is 11.9. The highest BCUT2D eigenvalue weighted by Crippen LogP contribution is 2.44. The Morgan fingerprint density at radius 2 is 2.00 bits per heavy atom. The average Bonchev–Trinajstić information content (AvgIpc) is 2.09. The van der Waals surface area contributed by atoms with Crippen molar-refractivity contribution in [2.24, 2.45) is 5.41 Å². The van der Waals surface area contributed by atoms with Gasteiger partial charge in [-0.05, 0) is 26.7 Å². The topological polar surface area (TPSA) is 75.6 Å². The number of rotatable bonds is 6. The summed E-state index contributed by atoms with van der Waals surface area (Å²) in [6, 6.07) is 0. The molecule has 0 aromatic heterocycles. The molecule has 1 saturated carbocycles. The summed E-state index contributed by atoms with van der Waals surface area (Å²) in [6.45, 7) is 4.10. The minimum absolute atomic E-state index is 0.0650. The van der Waals surface area contributed by atoms with Gasteiger partial charge in [-0.3, -0.25) is 9.59 Å². The first-order valence-electron chi connectivity index (χ1n) is 5.85. The van der Waals surface area contributed by atoms with E-state index in [0.717, 1.165) is 6.42 Å². The first kappa shape index (κ1) is 14.0. The molecule has 0 saturated heterocycles. The number of nitrogens with one attached hydrogen (secondary N) is 1.